The Morgan fingerprint density at radius 1 is 0.788 bits per heavy atom. The molecule has 0 saturated carbocycles. The summed E-state index contributed by atoms with van der Waals surface area (Å²) in [4.78, 5) is 38.1. The maximum absolute atomic E-state index is 13.2. The lowest BCUT2D eigenvalue weighted by atomic mass is 9.79. The van der Waals surface area contributed by atoms with Crippen LogP contribution in [0, 0.1) is 5.92 Å². The molecular formula is C25H28ClNO6. The molecular weight excluding hydrogens is 446 g/mol. The lowest BCUT2D eigenvalue weighted by Crippen LogP contribution is -2.37. The second-order valence-electron chi connectivity index (χ2n) is 7.57. The van der Waals surface area contributed by atoms with Crippen molar-refractivity contribution in [2.45, 2.75) is 38.8 Å². The van der Waals surface area contributed by atoms with Gasteiger partial charge < -0.3 is 14.2 Å². The first kappa shape index (κ1) is 24.7. The summed E-state index contributed by atoms with van der Waals surface area (Å²) >= 11 is 6.05. The van der Waals surface area contributed by atoms with Gasteiger partial charge in [-0.25, -0.2) is 4.79 Å². The van der Waals surface area contributed by atoms with Crippen LogP contribution >= 0.6 is 11.6 Å². The molecule has 1 N–H and O–H groups in total. The smallest absolute Gasteiger partial charge is 0.338 e. The van der Waals surface area contributed by atoms with Gasteiger partial charge in [0.15, 0.2) is 0 Å². The van der Waals surface area contributed by atoms with Crippen LogP contribution in [0.2, 0.25) is 5.02 Å². The fraction of sp³-hybridized carbons (Fsp3) is 0.400. The van der Waals surface area contributed by atoms with Crippen LogP contribution in [0.15, 0.2) is 48.5 Å². The predicted octanol–water partition coefficient (Wildman–Crippen LogP) is 4.06. The molecule has 7 nitrogen and oxygen atoms in total. The summed E-state index contributed by atoms with van der Waals surface area (Å²) in [7, 11) is 0. The van der Waals surface area contributed by atoms with E-state index in [2.05, 4.69) is 5.32 Å². The molecule has 1 aliphatic rings. The van der Waals surface area contributed by atoms with Crippen molar-refractivity contribution in [1.82, 2.24) is 5.32 Å². The predicted molar refractivity (Wildman–Crippen MR) is 123 cm³/mol. The molecule has 0 amide bonds. The zero-order chi connectivity index (χ0) is 24.0. The summed E-state index contributed by atoms with van der Waals surface area (Å²) < 4.78 is 15.8. The molecule has 0 spiro atoms. The first-order valence-electron chi connectivity index (χ1n) is 11.0. The Labute approximate surface area is 198 Å². The molecule has 0 aliphatic carbocycles. The number of benzene rings is 2. The number of nitrogens with one attached hydrogen (secondary N) is 1. The van der Waals surface area contributed by atoms with E-state index in [0.717, 1.165) is 5.56 Å². The number of carbonyl (C=O) groups excluding carboxylic acids is 3. The second-order valence-corrected chi connectivity index (χ2v) is 8.01. The Morgan fingerprint density at radius 2 is 1.33 bits per heavy atom. The summed E-state index contributed by atoms with van der Waals surface area (Å²) in [5.74, 6) is -2.58. The van der Waals surface area contributed by atoms with Crippen LogP contribution < -0.4 is 5.32 Å². The van der Waals surface area contributed by atoms with Crippen molar-refractivity contribution in [3.05, 3.63) is 70.2 Å². The molecule has 176 valence electrons. The number of halogens is 1. The lowest BCUT2D eigenvalue weighted by Gasteiger charge is -2.24. The Morgan fingerprint density at radius 3 is 1.91 bits per heavy atom. The number of hydrogen-bond donors (Lipinski definition) is 1. The largest absolute Gasteiger partial charge is 0.466 e. The minimum absolute atomic E-state index is 0.210. The summed E-state index contributed by atoms with van der Waals surface area (Å²) in [6.07, 6.45) is 0. The topological polar surface area (TPSA) is 90.9 Å². The summed E-state index contributed by atoms with van der Waals surface area (Å²) in [5, 5.41) is 3.86. The average molecular weight is 474 g/mol. The van der Waals surface area contributed by atoms with E-state index in [1.165, 1.54) is 0 Å². The standard InChI is InChI=1S/C25H28ClNO6/c1-4-31-23(28)17-9-7-15(8-10-17)19-20(24(29)32-5-2)21(16-11-13-18(26)14-12-16)27-22(19)25(30)33-6-3/h7-14,19-22,27H,4-6H2,1-3H3/t19-,20-,21+,22+/m0/s1. The van der Waals surface area contributed by atoms with E-state index in [9.17, 15) is 14.4 Å². The average Bonchev–Trinajstić information content (AvgIpc) is 3.21. The molecule has 0 aromatic heterocycles. The van der Waals surface area contributed by atoms with Gasteiger partial charge in [-0.2, -0.15) is 0 Å². The van der Waals surface area contributed by atoms with Gasteiger partial charge in [-0.3, -0.25) is 14.9 Å². The zero-order valence-corrected chi connectivity index (χ0v) is 19.6. The first-order chi connectivity index (χ1) is 15.9. The van der Waals surface area contributed by atoms with Crippen LogP contribution in [0.1, 0.15) is 54.2 Å². The van der Waals surface area contributed by atoms with Crippen molar-refractivity contribution in [2.75, 3.05) is 19.8 Å². The molecule has 1 heterocycles. The van der Waals surface area contributed by atoms with E-state index < -0.39 is 41.8 Å². The number of hydrogen-bond acceptors (Lipinski definition) is 7. The van der Waals surface area contributed by atoms with Gasteiger partial charge in [-0.05, 0) is 56.2 Å². The minimum Gasteiger partial charge on any atom is -0.466 e. The maximum Gasteiger partial charge on any atom is 0.338 e. The van der Waals surface area contributed by atoms with Crippen molar-refractivity contribution in [1.29, 1.82) is 0 Å². The van der Waals surface area contributed by atoms with Crippen molar-refractivity contribution < 1.29 is 28.6 Å². The third kappa shape index (κ3) is 5.54. The Balaban J connectivity index is 2.05. The highest BCUT2D eigenvalue weighted by atomic mass is 35.5. The molecule has 0 unspecified atom stereocenters. The number of rotatable bonds is 8. The van der Waals surface area contributed by atoms with Gasteiger partial charge in [0, 0.05) is 17.0 Å². The van der Waals surface area contributed by atoms with E-state index in [-0.39, 0.29) is 19.8 Å². The Kier molecular flexibility index (Phi) is 8.47. The molecule has 2 aromatic rings. The maximum atomic E-state index is 13.2. The highest BCUT2D eigenvalue weighted by Gasteiger charge is 2.52. The number of ether oxygens (including phenoxy) is 3. The summed E-state index contributed by atoms with van der Waals surface area (Å²) in [5.41, 5.74) is 1.90. The first-order valence-corrected chi connectivity index (χ1v) is 11.4. The molecule has 8 heteroatoms. The van der Waals surface area contributed by atoms with E-state index in [1.54, 1.807) is 57.2 Å². The van der Waals surface area contributed by atoms with Gasteiger partial charge in [0.25, 0.3) is 0 Å². The van der Waals surface area contributed by atoms with E-state index in [0.29, 0.717) is 16.1 Å². The van der Waals surface area contributed by atoms with Crippen molar-refractivity contribution >= 4 is 29.5 Å². The van der Waals surface area contributed by atoms with Crippen molar-refractivity contribution in [3.8, 4) is 0 Å². The van der Waals surface area contributed by atoms with Crippen LogP contribution in [0.25, 0.3) is 0 Å². The quantitative estimate of drug-likeness (QED) is 0.456. The highest BCUT2D eigenvalue weighted by molar-refractivity contribution is 6.30. The van der Waals surface area contributed by atoms with Crippen LogP contribution in [-0.2, 0) is 23.8 Å². The van der Waals surface area contributed by atoms with Gasteiger partial charge >= 0.3 is 17.9 Å². The fourth-order valence-corrected chi connectivity index (χ4v) is 4.34. The van der Waals surface area contributed by atoms with Gasteiger partial charge in [0.1, 0.15) is 6.04 Å². The van der Waals surface area contributed by atoms with E-state index in [4.69, 9.17) is 25.8 Å². The normalized spacial score (nSPS) is 21.9. The molecule has 33 heavy (non-hydrogen) atoms. The second kappa shape index (κ2) is 11.3. The molecule has 0 bridgehead atoms. The van der Waals surface area contributed by atoms with Gasteiger partial charge in [0.05, 0.1) is 31.3 Å². The molecule has 2 aromatic carbocycles. The number of carbonyl (C=O) groups is 3. The van der Waals surface area contributed by atoms with E-state index >= 15 is 0 Å². The molecule has 0 radical (unpaired) electrons. The van der Waals surface area contributed by atoms with E-state index in [1.807, 2.05) is 12.1 Å². The van der Waals surface area contributed by atoms with Crippen molar-refractivity contribution in [3.63, 3.8) is 0 Å². The summed E-state index contributed by atoms with van der Waals surface area (Å²) in [6.45, 7) is 5.90. The Hall–Kier alpha value is -2.90. The molecule has 4 atom stereocenters. The van der Waals surface area contributed by atoms with Crippen LogP contribution in [0.4, 0.5) is 0 Å². The van der Waals surface area contributed by atoms with Crippen LogP contribution in [-0.4, -0.2) is 43.8 Å². The van der Waals surface area contributed by atoms with Gasteiger partial charge in [-0.1, -0.05) is 35.9 Å². The molecule has 1 fully saturated rings. The monoisotopic (exact) mass is 473 g/mol. The SMILES string of the molecule is CCOC(=O)c1ccc([C@H]2[C@H](C(=O)OCC)[C@@H](c3ccc(Cl)cc3)N[C@H]2C(=O)OCC)cc1. The lowest BCUT2D eigenvalue weighted by molar-refractivity contribution is -0.149. The Bertz CT molecular complexity index is 975. The number of esters is 3. The van der Waals surface area contributed by atoms with Gasteiger partial charge in [-0.15, -0.1) is 0 Å². The third-order valence-corrected chi connectivity index (χ3v) is 5.85. The molecule has 1 aliphatic heterocycles. The molecule has 3 rings (SSSR count). The third-order valence-electron chi connectivity index (χ3n) is 5.60. The fourth-order valence-electron chi connectivity index (χ4n) is 4.21. The zero-order valence-electron chi connectivity index (χ0n) is 18.9. The summed E-state index contributed by atoms with van der Waals surface area (Å²) in [6, 6.07) is 12.6. The molecule has 1 saturated heterocycles. The van der Waals surface area contributed by atoms with Crippen LogP contribution in [0.3, 0.4) is 0 Å². The van der Waals surface area contributed by atoms with Crippen LogP contribution in [0.5, 0.6) is 0 Å². The van der Waals surface area contributed by atoms with Gasteiger partial charge in [0.2, 0.25) is 0 Å². The highest BCUT2D eigenvalue weighted by Crippen LogP contribution is 2.44. The van der Waals surface area contributed by atoms with Crippen molar-refractivity contribution in [2.24, 2.45) is 5.92 Å². The minimum atomic E-state index is -0.784.